The molecule has 0 saturated carbocycles. The van der Waals surface area contributed by atoms with Gasteiger partial charge in [-0.3, -0.25) is 50.6 Å². The summed E-state index contributed by atoms with van der Waals surface area (Å²) < 4.78 is 0. The maximum absolute atomic E-state index is 11.7. The maximum Gasteiger partial charge on any atom is 1.00 e. The number of nitrogens with zero attached hydrogens (tertiary/aromatic N) is 10. The standard InChI is InChI=1S/C11H7N7O5.C11H11N7O5.Co.Na/c1-12-17-11-13-9(20)8(10(21)14-11)16-15-6-3-2-5(18(22)23)4-7(6)19;12-4-13-11-14-9(20)8(10(21)15-11)17-16-6-2-1-5(18(22)23)3-7(6)19;;/h2-4,8,19H,(H2,13,14,17,20,21);1-3,8,19H,4,12H2,(H2,13,14,15,20,21);;/q;;;+1. The summed E-state index contributed by atoms with van der Waals surface area (Å²) in [6.45, 7) is 6.38. The number of amides is 3. The molecule has 2 aliphatic rings. The number of carbonyl (C=O) groups is 3. The molecular weight excluding hydrogens is 702 g/mol. The Balaban J connectivity index is 0.000000461. The molecule has 24 nitrogen and oxygen atoms in total. The van der Waals surface area contributed by atoms with Gasteiger partial charge in [0.25, 0.3) is 29.1 Å². The number of hydrogen-bond donors (Lipinski definition) is 7. The maximum atomic E-state index is 11.7. The van der Waals surface area contributed by atoms with Crippen molar-refractivity contribution in [1.29, 1.82) is 0 Å². The van der Waals surface area contributed by atoms with Crippen molar-refractivity contribution < 1.29 is 85.9 Å². The van der Waals surface area contributed by atoms with E-state index in [9.17, 15) is 49.9 Å². The van der Waals surface area contributed by atoms with E-state index in [-0.39, 0.29) is 87.7 Å². The smallest absolute Gasteiger partial charge is 0.505 e. The molecule has 1 saturated heterocycles. The fourth-order valence-electron chi connectivity index (χ4n) is 3.15. The molecule has 0 aromatic heterocycles. The van der Waals surface area contributed by atoms with Gasteiger partial charge in [0.05, 0.1) is 28.6 Å². The van der Waals surface area contributed by atoms with Gasteiger partial charge in [-0.15, -0.1) is 4.95 Å². The first-order valence-electron chi connectivity index (χ1n) is 12.0. The van der Waals surface area contributed by atoms with Crippen LogP contribution in [0.4, 0.5) is 22.7 Å². The largest absolute Gasteiger partial charge is 1.00 e. The predicted molar refractivity (Wildman–Crippen MR) is 151 cm³/mol. The number of phenols is 2. The number of rotatable bonds is 7. The van der Waals surface area contributed by atoms with Gasteiger partial charge in [-0.1, -0.05) is 0 Å². The van der Waals surface area contributed by atoms with E-state index in [4.69, 9.17) is 12.3 Å². The number of aliphatic imine (C=N–C) groups is 2. The van der Waals surface area contributed by atoms with E-state index >= 15 is 0 Å². The van der Waals surface area contributed by atoms with Crippen molar-refractivity contribution in [3.8, 4) is 11.5 Å². The van der Waals surface area contributed by atoms with Gasteiger partial charge in [-0.05, 0) is 12.1 Å². The zero-order chi connectivity index (χ0) is 34.0. The van der Waals surface area contributed by atoms with Gasteiger partial charge < -0.3 is 21.1 Å². The first-order chi connectivity index (χ1) is 21.8. The molecular formula is C22H18CoN14NaO10+. The number of guanidine groups is 2. The third-order valence-electron chi connectivity index (χ3n) is 5.22. The molecule has 2 aromatic rings. The average molecular weight is 720 g/mol. The number of nitrogens with two attached hydrogens (primary N) is 1. The summed E-state index contributed by atoms with van der Waals surface area (Å²) in [7, 11) is 0. The number of nitro benzene ring substituents is 2. The average Bonchev–Trinajstić information content (AvgIpc) is 2.98. The number of nitro groups is 2. The number of hydrogen-bond acceptors (Lipinski definition) is 16. The number of aliphatic hydroxyl groups excluding tert-OH is 1. The molecule has 1 atom stereocenters. The molecule has 4 rings (SSSR count). The topological polar surface area (TPSA) is 351 Å². The quantitative estimate of drug-likeness (QED) is 0.0385. The molecule has 2 aliphatic heterocycles. The van der Waals surface area contributed by atoms with Crippen molar-refractivity contribution in [2.24, 2.45) is 41.3 Å². The van der Waals surface area contributed by atoms with Gasteiger partial charge in [0.15, 0.2) is 0 Å². The second-order valence-electron chi connectivity index (χ2n) is 8.25. The van der Waals surface area contributed by atoms with Crippen molar-refractivity contribution in [2.45, 2.75) is 12.1 Å². The summed E-state index contributed by atoms with van der Waals surface area (Å²) in [6.07, 6.45) is 0. The van der Waals surface area contributed by atoms with E-state index in [1.807, 2.05) is 0 Å². The van der Waals surface area contributed by atoms with E-state index in [0.29, 0.717) is 0 Å². The Morgan fingerprint density at radius 2 is 1.31 bits per heavy atom. The van der Waals surface area contributed by atoms with Crippen molar-refractivity contribution in [3.63, 3.8) is 0 Å². The van der Waals surface area contributed by atoms with Crippen LogP contribution in [0.5, 0.6) is 11.5 Å². The second-order valence-corrected chi connectivity index (χ2v) is 8.25. The van der Waals surface area contributed by atoms with Crippen molar-refractivity contribution in [1.82, 2.24) is 16.0 Å². The first-order valence-corrected chi connectivity index (χ1v) is 12.0. The van der Waals surface area contributed by atoms with Crippen molar-refractivity contribution in [2.75, 3.05) is 6.67 Å². The van der Waals surface area contributed by atoms with Crippen LogP contribution in [0.2, 0.25) is 0 Å². The Hall–Kier alpha value is -5.78. The normalized spacial score (nSPS) is 17.8. The van der Waals surface area contributed by atoms with Crippen LogP contribution < -0.4 is 51.2 Å². The van der Waals surface area contributed by atoms with E-state index < -0.39 is 57.0 Å². The van der Waals surface area contributed by atoms with Crippen LogP contribution in [0, 0.1) is 26.8 Å². The van der Waals surface area contributed by atoms with Crippen LogP contribution in [-0.4, -0.2) is 79.5 Å². The summed E-state index contributed by atoms with van der Waals surface area (Å²) in [4.78, 5) is 64.6. The number of benzene rings is 2. The van der Waals surface area contributed by atoms with E-state index in [1.54, 1.807) is 0 Å². The van der Waals surface area contributed by atoms with Gasteiger partial charge in [0.2, 0.25) is 23.9 Å². The molecule has 0 aliphatic carbocycles. The van der Waals surface area contributed by atoms with E-state index in [1.165, 1.54) is 0 Å². The van der Waals surface area contributed by atoms with Gasteiger partial charge in [-0.2, -0.15) is 32.0 Å². The Labute approximate surface area is 298 Å². The second kappa shape index (κ2) is 18.4. The minimum atomic E-state index is -1.49. The Morgan fingerprint density at radius 1 is 0.854 bits per heavy atom. The van der Waals surface area contributed by atoms with Gasteiger partial charge in [0, 0.05) is 28.9 Å². The monoisotopic (exact) mass is 720 g/mol. The van der Waals surface area contributed by atoms with Crippen LogP contribution in [0.15, 0.2) is 71.9 Å². The zero-order valence-corrected chi connectivity index (χ0v) is 26.9. The first kappa shape index (κ1) is 40.2. The zero-order valence-electron chi connectivity index (χ0n) is 23.9. The molecule has 1 unspecified atom stereocenters. The number of aliphatic hydroxyl groups is 1. The molecule has 8 N–H and O–H groups in total. The van der Waals surface area contributed by atoms with E-state index in [2.05, 4.69) is 56.4 Å². The molecule has 0 bridgehead atoms. The van der Waals surface area contributed by atoms with Crippen LogP contribution in [0.3, 0.4) is 0 Å². The number of nitrogens with one attached hydrogen (secondary N) is 3. The van der Waals surface area contributed by atoms with Gasteiger partial charge in [-0.25, -0.2) is 4.99 Å². The molecule has 1 radical (unpaired) electrons. The van der Waals surface area contributed by atoms with Crippen molar-refractivity contribution in [3.05, 3.63) is 68.2 Å². The van der Waals surface area contributed by atoms with Gasteiger partial charge >= 0.3 is 35.5 Å². The fraction of sp³-hybridized carbons (Fsp3) is 0.136. The molecule has 2 heterocycles. The molecule has 2 aromatic carbocycles. The van der Waals surface area contributed by atoms with Crippen LogP contribution in [0.25, 0.3) is 4.95 Å². The van der Waals surface area contributed by atoms with Crippen molar-refractivity contribution >= 4 is 58.3 Å². The minimum absolute atomic E-state index is 0. The summed E-state index contributed by atoms with van der Waals surface area (Å²) in [5.74, 6) is -4.61. The van der Waals surface area contributed by atoms with E-state index in [0.717, 1.165) is 36.4 Å². The molecule has 26 heteroatoms. The fourth-order valence-corrected chi connectivity index (χ4v) is 3.15. The number of carbonyl (C=O) groups excluding carboxylic acids is 3. The Bertz CT molecular complexity index is 1790. The number of phenolic OH excluding ortho intramolecular Hbond substituents is 2. The molecule has 3 amide bonds. The summed E-state index contributed by atoms with van der Waals surface area (Å²) in [5, 5.41) is 73.9. The molecule has 48 heavy (non-hydrogen) atoms. The molecule has 1 fully saturated rings. The SMILES string of the molecule is NCN=C1NC(=O)C(N=Nc2ccc([N+](=O)[O-])cc2O)C(=O)N1.[C-]#[N+]/N=C1\N=C(O)C(N=Nc2ccc([N+](=O)[O-])cc2O)C(=O)N1.[Co].[Na+]. The Kier molecular flexibility index (Phi) is 15.4. The third-order valence-corrected chi connectivity index (χ3v) is 5.22. The Morgan fingerprint density at radius 3 is 1.71 bits per heavy atom. The third kappa shape index (κ3) is 10.6. The number of non-ortho nitro benzene ring substituents is 2. The summed E-state index contributed by atoms with van der Waals surface area (Å²) in [5.41, 5.74) is 4.21. The minimum Gasteiger partial charge on any atom is -0.505 e. The summed E-state index contributed by atoms with van der Waals surface area (Å²) >= 11 is 0. The number of aromatic hydroxyl groups is 2. The molecule has 245 valence electrons. The summed E-state index contributed by atoms with van der Waals surface area (Å²) in [6, 6.07) is 3.21. The van der Waals surface area contributed by atoms with Crippen LogP contribution in [0.1, 0.15) is 0 Å². The number of azo groups is 2. The van der Waals surface area contributed by atoms with Gasteiger partial charge in [0.1, 0.15) is 28.0 Å². The van der Waals surface area contributed by atoms with Crippen LogP contribution in [-0.2, 0) is 31.2 Å². The van der Waals surface area contributed by atoms with Crippen LogP contribution >= 0.6 is 0 Å². The predicted octanol–water partition coefficient (Wildman–Crippen LogP) is -2.70. The molecule has 0 spiro atoms.